The fourth-order valence-corrected chi connectivity index (χ4v) is 3.44. The molecule has 1 aliphatic carbocycles. The van der Waals surface area contributed by atoms with E-state index in [0.29, 0.717) is 11.8 Å². The SMILES string of the molecule is Cn1ccnc1CN1CCN(c2ccc(-c3nc(C4CC4)no3)cn2)CC1. The Morgan fingerprint density at radius 2 is 1.96 bits per heavy atom. The Balaban J connectivity index is 1.20. The zero-order chi connectivity index (χ0) is 18.2. The Morgan fingerprint density at radius 3 is 2.63 bits per heavy atom. The molecule has 2 aliphatic rings. The lowest BCUT2D eigenvalue weighted by Crippen LogP contribution is -2.46. The van der Waals surface area contributed by atoms with Gasteiger partial charge in [0.1, 0.15) is 11.6 Å². The molecule has 0 radical (unpaired) electrons. The molecule has 0 aromatic carbocycles. The monoisotopic (exact) mass is 365 g/mol. The second-order valence-corrected chi connectivity index (χ2v) is 7.35. The second-order valence-electron chi connectivity index (χ2n) is 7.35. The maximum absolute atomic E-state index is 5.38. The topological polar surface area (TPSA) is 76.1 Å². The maximum Gasteiger partial charge on any atom is 0.259 e. The number of imidazole rings is 1. The number of aromatic nitrogens is 5. The lowest BCUT2D eigenvalue weighted by atomic mass is 10.2. The molecule has 5 rings (SSSR count). The molecule has 1 aliphatic heterocycles. The number of pyridine rings is 1. The molecule has 8 nitrogen and oxygen atoms in total. The number of rotatable bonds is 5. The minimum Gasteiger partial charge on any atom is -0.354 e. The number of hydrogen-bond acceptors (Lipinski definition) is 7. The van der Waals surface area contributed by atoms with E-state index in [0.717, 1.165) is 55.8 Å². The van der Waals surface area contributed by atoms with Crippen LogP contribution in [0, 0.1) is 0 Å². The third-order valence-electron chi connectivity index (χ3n) is 5.36. The van der Waals surface area contributed by atoms with Gasteiger partial charge >= 0.3 is 0 Å². The van der Waals surface area contributed by atoms with Crippen LogP contribution in [0.4, 0.5) is 5.82 Å². The average Bonchev–Trinajstić information content (AvgIpc) is 3.30. The Morgan fingerprint density at radius 1 is 1.11 bits per heavy atom. The molecule has 0 unspecified atom stereocenters. The van der Waals surface area contributed by atoms with E-state index in [9.17, 15) is 0 Å². The molecule has 3 aromatic rings. The predicted octanol–water partition coefficient (Wildman–Crippen LogP) is 2.06. The minimum absolute atomic E-state index is 0.497. The Hall–Kier alpha value is -2.74. The highest BCUT2D eigenvalue weighted by Crippen LogP contribution is 2.38. The molecule has 0 atom stereocenters. The van der Waals surface area contributed by atoms with E-state index in [2.05, 4.69) is 34.5 Å². The van der Waals surface area contributed by atoms with Crippen molar-refractivity contribution >= 4 is 5.82 Å². The molecule has 1 saturated carbocycles. The van der Waals surface area contributed by atoms with Crippen LogP contribution in [0.15, 0.2) is 35.2 Å². The van der Waals surface area contributed by atoms with Crippen LogP contribution >= 0.6 is 0 Å². The summed E-state index contributed by atoms with van der Waals surface area (Å²) in [6.45, 7) is 4.83. The molecule has 3 aromatic heterocycles. The normalized spacial score (nSPS) is 18.2. The Labute approximate surface area is 157 Å². The smallest absolute Gasteiger partial charge is 0.259 e. The largest absolute Gasteiger partial charge is 0.354 e. The number of piperazine rings is 1. The van der Waals surface area contributed by atoms with Crippen molar-refractivity contribution in [3.8, 4) is 11.5 Å². The van der Waals surface area contributed by atoms with Gasteiger partial charge in [-0.25, -0.2) is 9.97 Å². The van der Waals surface area contributed by atoms with Crippen LogP contribution in [0.25, 0.3) is 11.5 Å². The molecule has 140 valence electrons. The van der Waals surface area contributed by atoms with Crippen LogP contribution < -0.4 is 4.90 Å². The van der Waals surface area contributed by atoms with Crippen molar-refractivity contribution in [2.75, 3.05) is 31.1 Å². The highest BCUT2D eigenvalue weighted by Gasteiger charge is 2.29. The van der Waals surface area contributed by atoms with Gasteiger partial charge in [-0.3, -0.25) is 4.90 Å². The summed E-state index contributed by atoms with van der Waals surface area (Å²) in [6, 6.07) is 4.07. The number of nitrogens with zero attached hydrogens (tertiary/aromatic N) is 7. The van der Waals surface area contributed by atoms with Crippen molar-refractivity contribution < 1.29 is 4.52 Å². The van der Waals surface area contributed by atoms with E-state index < -0.39 is 0 Å². The van der Waals surface area contributed by atoms with Gasteiger partial charge in [0.2, 0.25) is 0 Å². The van der Waals surface area contributed by atoms with Crippen LogP contribution in [0.2, 0.25) is 0 Å². The van der Waals surface area contributed by atoms with Crippen molar-refractivity contribution in [1.82, 2.24) is 29.6 Å². The van der Waals surface area contributed by atoms with E-state index in [1.165, 1.54) is 12.8 Å². The van der Waals surface area contributed by atoms with Crippen molar-refractivity contribution in [2.45, 2.75) is 25.3 Å². The molecule has 0 bridgehead atoms. The molecule has 8 heteroatoms. The van der Waals surface area contributed by atoms with E-state index in [-0.39, 0.29) is 0 Å². The van der Waals surface area contributed by atoms with Crippen molar-refractivity contribution in [3.63, 3.8) is 0 Å². The van der Waals surface area contributed by atoms with Gasteiger partial charge in [-0.05, 0) is 25.0 Å². The van der Waals surface area contributed by atoms with Crippen molar-refractivity contribution in [2.24, 2.45) is 7.05 Å². The first kappa shape index (κ1) is 16.4. The maximum atomic E-state index is 5.38. The first-order chi connectivity index (χ1) is 13.3. The van der Waals surface area contributed by atoms with Crippen LogP contribution in [-0.2, 0) is 13.6 Å². The van der Waals surface area contributed by atoms with Gasteiger partial charge in [0.05, 0.1) is 12.1 Å². The minimum atomic E-state index is 0.497. The first-order valence-corrected chi connectivity index (χ1v) is 9.50. The third-order valence-corrected chi connectivity index (χ3v) is 5.36. The standard InChI is InChI=1S/C19H23N7O/c1-24-7-6-20-17(24)13-25-8-10-26(11-9-25)16-5-4-15(12-21-16)19-22-18(23-27-19)14-2-3-14/h4-7,12,14H,2-3,8-11,13H2,1H3. The summed E-state index contributed by atoms with van der Waals surface area (Å²) in [4.78, 5) is 18.3. The quantitative estimate of drug-likeness (QED) is 0.685. The number of hydrogen-bond donors (Lipinski definition) is 0. The molecule has 1 saturated heterocycles. The summed E-state index contributed by atoms with van der Waals surface area (Å²) in [7, 11) is 2.04. The van der Waals surface area contributed by atoms with Crippen LogP contribution in [-0.4, -0.2) is 55.8 Å². The summed E-state index contributed by atoms with van der Waals surface area (Å²) in [5, 5.41) is 4.08. The molecule has 0 amide bonds. The summed E-state index contributed by atoms with van der Waals surface area (Å²) >= 11 is 0. The zero-order valence-electron chi connectivity index (χ0n) is 15.5. The summed E-state index contributed by atoms with van der Waals surface area (Å²) in [5.74, 6) is 4.00. The predicted molar refractivity (Wildman–Crippen MR) is 100 cm³/mol. The Bertz CT molecular complexity index is 904. The van der Waals surface area contributed by atoms with Gasteiger partial charge in [-0.15, -0.1) is 0 Å². The van der Waals surface area contributed by atoms with Crippen molar-refractivity contribution in [1.29, 1.82) is 0 Å². The van der Waals surface area contributed by atoms with E-state index in [1.54, 1.807) is 0 Å². The fraction of sp³-hybridized carbons (Fsp3) is 0.474. The summed E-state index contributed by atoms with van der Waals surface area (Å²) in [6.07, 6.45) is 8.02. The molecular formula is C19H23N7O. The van der Waals surface area contributed by atoms with Crippen LogP contribution in [0.1, 0.15) is 30.4 Å². The molecule has 27 heavy (non-hydrogen) atoms. The summed E-state index contributed by atoms with van der Waals surface area (Å²) < 4.78 is 7.46. The lowest BCUT2D eigenvalue weighted by Gasteiger charge is -2.35. The highest BCUT2D eigenvalue weighted by atomic mass is 16.5. The van der Waals surface area contributed by atoms with E-state index in [1.807, 2.05) is 37.8 Å². The molecule has 4 heterocycles. The summed E-state index contributed by atoms with van der Waals surface area (Å²) in [5.41, 5.74) is 0.881. The molecular weight excluding hydrogens is 342 g/mol. The van der Waals surface area contributed by atoms with Gasteiger partial charge in [0.15, 0.2) is 5.82 Å². The third kappa shape index (κ3) is 3.44. The average molecular weight is 365 g/mol. The van der Waals surface area contributed by atoms with Gasteiger partial charge in [-0.1, -0.05) is 5.16 Å². The van der Waals surface area contributed by atoms with E-state index in [4.69, 9.17) is 4.52 Å². The lowest BCUT2D eigenvalue weighted by molar-refractivity contribution is 0.241. The number of anilines is 1. The molecule has 0 N–H and O–H groups in total. The van der Waals surface area contributed by atoms with Gasteiger partial charge in [0, 0.05) is 57.7 Å². The van der Waals surface area contributed by atoms with Gasteiger partial charge in [-0.2, -0.15) is 4.98 Å². The molecule has 0 spiro atoms. The Kier molecular flexibility index (Phi) is 4.12. The highest BCUT2D eigenvalue weighted by molar-refractivity contribution is 5.55. The first-order valence-electron chi connectivity index (χ1n) is 9.50. The van der Waals surface area contributed by atoms with Crippen molar-refractivity contribution in [3.05, 3.63) is 42.4 Å². The van der Waals surface area contributed by atoms with Gasteiger partial charge in [0.25, 0.3) is 5.89 Å². The van der Waals surface area contributed by atoms with Crippen LogP contribution in [0.5, 0.6) is 0 Å². The van der Waals surface area contributed by atoms with Gasteiger partial charge < -0.3 is 14.0 Å². The number of aryl methyl sites for hydroxylation is 1. The van der Waals surface area contributed by atoms with E-state index >= 15 is 0 Å². The second kappa shape index (κ2) is 6.77. The molecule has 2 fully saturated rings. The zero-order valence-corrected chi connectivity index (χ0v) is 15.5. The van der Waals surface area contributed by atoms with Crippen LogP contribution in [0.3, 0.4) is 0 Å². The fourth-order valence-electron chi connectivity index (χ4n) is 3.44.